The van der Waals surface area contributed by atoms with Crippen LogP contribution in [0.3, 0.4) is 0 Å². The smallest absolute Gasteiger partial charge is 0.257 e. The van der Waals surface area contributed by atoms with Gasteiger partial charge < -0.3 is 10.4 Å². The van der Waals surface area contributed by atoms with Crippen LogP contribution in [-0.4, -0.2) is 16.1 Å². The number of nitrogens with one attached hydrogen (secondary N) is 2. The Morgan fingerprint density at radius 1 is 1.24 bits per heavy atom. The molecule has 0 spiro atoms. The molecule has 0 unspecified atom stereocenters. The van der Waals surface area contributed by atoms with Crippen molar-refractivity contribution in [1.82, 2.24) is 5.32 Å². The Labute approximate surface area is 136 Å². The van der Waals surface area contributed by atoms with Gasteiger partial charge in [0, 0.05) is 10.0 Å². The van der Waals surface area contributed by atoms with Crippen molar-refractivity contribution in [2.24, 2.45) is 0 Å². The number of halogens is 1. The second-order valence-electron chi connectivity index (χ2n) is 4.44. The quantitative estimate of drug-likeness (QED) is 0.562. The summed E-state index contributed by atoms with van der Waals surface area (Å²) in [7, 11) is 0. The molecule has 0 fully saturated rings. The van der Waals surface area contributed by atoms with Crippen LogP contribution in [0.5, 0.6) is 5.75 Å². The number of amides is 1. The highest BCUT2D eigenvalue weighted by atomic mass is 79.9. The van der Waals surface area contributed by atoms with E-state index in [1.165, 1.54) is 0 Å². The zero-order valence-electron chi connectivity index (χ0n) is 11.2. The maximum atomic E-state index is 12.0. The van der Waals surface area contributed by atoms with E-state index in [1.54, 1.807) is 30.3 Å². The molecule has 2 rings (SSSR count). The van der Waals surface area contributed by atoms with Crippen molar-refractivity contribution in [3.63, 3.8) is 0 Å². The number of anilines is 1. The van der Waals surface area contributed by atoms with Crippen molar-refractivity contribution in [1.29, 1.82) is 0 Å². The van der Waals surface area contributed by atoms with Crippen LogP contribution in [0.15, 0.2) is 46.9 Å². The topological polar surface area (TPSA) is 61.4 Å². The Balaban J connectivity index is 2.03. The fourth-order valence-electron chi connectivity index (χ4n) is 1.71. The Hall–Kier alpha value is -1.92. The molecular weight excluding hydrogens is 352 g/mol. The Morgan fingerprint density at radius 2 is 2.00 bits per heavy atom. The number of carbonyl (C=O) groups excluding carboxylic acids is 1. The van der Waals surface area contributed by atoms with Gasteiger partial charge in [0.25, 0.3) is 5.91 Å². The molecule has 0 saturated heterocycles. The summed E-state index contributed by atoms with van der Waals surface area (Å²) in [4.78, 5) is 12.0. The van der Waals surface area contributed by atoms with Gasteiger partial charge in [0.15, 0.2) is 5.11 Å². The fraction of sp³-hybridized carbons (Fsp3) is 0.0667. The number of phenolic OH excluding ortho intramolecular Hbond substituents is 1. The lowest BCUT2D eigenvalue weighted by molar-refractivity contribution is 0.0977. The standard InChI is InChI=1S/C15H13BrN2O2S/c1-9-5-6-12(13(19)7-9)17-15(21)18-14(20)10-3-2-4-11(16)8-10/h2-8,19H,1H3,(H2,17,18,20,21). The van der Waals surface area contributed by atoms with E-state index in [-0.39, 0.29) is 16.8 Å². The van der Waals surface area contributed by atoms with Crippen LogP contribution in [0.25, 0.3) is 0 Å². The number of thiocarbonyl (C=S) groups is 1. The van der Waals surface area contributed by atoms with E-state index in [1.807, 2.05) is 19.1 Å². The molecule has 0 saturated carbocycles. The first-order chi connectivity index (χ1) is 9.95. The van der Waals surface area contributed by atoms with Gasteiger partial charge in [0.1, 0.15) is 5.75 Å². The van der Waals surface area contributed by atoms with Gasteiger partial charge in [-0.2, -0.15) is 0 Å². The third-order valence-electron chi connectivity index (χ3n) is 2.72. The lowest BCUT2D eigenvalue weighted by Crippen LogP contribution is -2.34. The largest absolute Gasteiger partial charge is 0.506 e. The number of hydrogen-bond donors (Lipinski definition) is 3. The highest BCUT2D eigenvalue weighted by Crippen LogP contribution is 2.23. The molecule has 1 amide bonds. The van der Waals surface area contributed by atoms with Gasteiger partial charge in [0.2, 0.25) is 0 Å². The number of benzene rings is 2. The monoisotopic (exact) mass is 364 g/mol. The summed E-state index contributed by atoms with van der Waals surface area (Å²) in [6.45, 7) is 1.87. The maximum Gasteiger partial charge on any atom is 0.257 e. The fourth-order valence-corrected chi connectivity index (χ4v) is 2.31. The lowest BCUT2D eigenvalue weighted by atomic mass is 10.2. The summed E-state index contributed by atoms with van der Waals surface area (Å²) in [5, 5.41) is 15.3. The molecule has 21 heavy (non-hydrogen) atoms. The van der Waals surface area contributed by atoms with Crippen LogP contribution in [0.2, 0.25) is 0 Å². The molecule has 4 nitrogen and oxygen atoms in total. The van der Waals surface area contributed by atoms with E-state index in [9.17, 15) is 9.90 Å². The third-order valence-corrected chi connectivity index (χ3v) is 3.41. The van der Waals surface area contributed by atoms with Crippen molar-refractivity contribution in [3.05, 3.63) is 58.1 Å². The molecule has 0 bridgehead atoms. The molecule has 2 aromatic carbocycles. The first-order valence-corrected chi connectivity index (χ1v) is 7.33. The van der Waals surface area contributed by atoms with Crippen LogP contribution in [0.4, 0.5) is 5.69 Å². The van der Waals surface area contributed by atoms with E-state index in [4.69, 9.17) is 12.2 Å². The number of hydrogen-bond acceptors (Lipinski definition) is 3. The second kappa shape index (κ2) is 6.69. The molecule has 2 aromatic rings. The minimum Gasteiger partial charge on any atom is -0.506 e. The summed E-state index contributed by atoms with van der Waals surface area (Å²) >= 11 is 8.38. The molecule has 3 N–H and O–H groups in total. The molecule has 0 heterocycles. The molecular formula is C15H13BrN2O2S. The van der Waals surface area contributed by atoms with Gasteiger partial charge in [0.05, 0.1) is 5.69 Å². The number of phenols is 1. The van der Waals surface area contributed by atoms with Crippen LogP contribution < -0.4 is 10.6 Å². The van der Waals surface area contributed by atoms with Crippen molar-refractivity contribution in [3.8, 4) is 5.75 Å². The average Bonchev–Trinajstić information content (AvgIpc) is 2.42. The second-order valence-corrected chi connectivity index (χ2v) is 5.76. The van der Waals surface area contributed by atoms with E-state index >= 15 is 0 Å². The number of aryl methyl sites for hydroxylation is 1. The van der Waals surface area contributed by atoms with Gasteiger partial charge in [-0.1, -0.05) is 28.1 Å². The van der Waals surface area contributed by atoms with Gasteiger partial charge in [-0.15, -0.1) is 0 Å². The minimum absolute atomic E-state index is 0.0778. The minimum atomic E-state index is -0.319. The predicted octanol–water partition coefficient (Wildman–Crippen LogP) is 3.59. The van der Waals surface area contributed by atoms with Crippen molar-refractivity contribution >= 4 is 44.9 Å². The molecule has 0 aromatic heterocycles. The SMILES string of the molecule is Cc1ccc(NC(=S)NC(=O)c2cccc(Br)c2)c(O)c1. The van der Waals surface area contributed by atoms with Crippen molar-refractivity contribution < 1.29 is 9.90 Å². The zero-order chi connectivity index (χ0) is 15.4. The Bertz CT molecular complexity index is 704. The lowest BCUT2D eigenvalue weighted by Gasteiger charge is -2.11. The van der Waals surface area contributed by atoms with Crippen LogP contribution in [-0.2, 0) is 0 Å². The van der Waals surface area contributed by atoms with Crippen LogP contribution >= 0.6 is 28.1 Å². The first kappa shape index (κ1) is 15.5. The molecule has 108 valence electrons. The van der Waals surface area contributed by atoms with Crippen molar-refractivity contribution in [2.75, 3.05) is 5.32 Å². The molecule has 0 radical (unpaired) electrons. The average molecular weight is 365 g/mol. The van der Waals surface area contributed by atoms with Gasteiger partial charge >= 0.3 is 0 Å². The molecule has 0 aliphatic carbocycles. The number of rotatable bonds is 2. The summed E-state index contributed by atoms with van der Waals surface area (Å²) in [6.07, 6.45) is 0. The molecule has 6 heteroatoms. The van der Waals surface area contributed by atoms with Gasteiger partial charge in [-0.25, -0.2) is 0 Å². The van der Waals surface area contributed by atoms with E-state index in [0.717, 1.165) is 10.0 Å². The highest BCUT2D eigenvalue weighted by molar-refractivity contribution is 9.10. The van der Waals surface area contributed by atoms with E-state index < -0.39 is 0 Å². The third kappa shape index (κ3) is 4.27. The summed E-state index contributed by atoms with van der Waals surface area (Å²) in [5.74, 6) is -0.241. The van der Waals surface area contributed by atoms with Gasteiger partial charge in [-0.05, 0) is 55.0 Å². The maximum absolute atomic E-state index is 12.0. The highest BCUT2D eigenvalue weighted by Gasteiger charge is 2.09. The normalized spacial score (nSPS) is 10.0. The van der Waals surface area contributed by atoms with E-state index in [0.29, 0.717) is 11.3 Å². The number of aromatic hydroxyl groups is 1. The van der Waals surface area contributed by atoms with Crippen LogP contribution in [0.1, 0.15) is 15.9 Å². The molecule has 0 aliphatic heterocycles. The van der Waals surface area contributed by atoms with E-state index in [2.05, 4.69) is 26.6 Å². The zero-order valence-corrected chi connectivity index (χ0v) is 13.6. The summed E-state index contributed by atoms with van der Waals surface area (Å²) in [6, 6.07) is 12.1. The number of carbonyl (C=O) groups is 1. The summed E-state index contributed by atoms with van der Waals surface area (Å²) < 4.78 is 0.810. The van der Waals surface area contributed by atoms with Gasteiger partial charge in [-0.3, -0.25) is 10.1 Å². The van der Waals surface area contributed by atoms with Crippen molar-refractivity contribution in [2.45, 2.75) is 6.92 Å². The summed E-state index contributed by atoms with van der Waals surface area (Å²) in [5.41, 5.74) is 1.86. The molecule has 0 atom stereocenters. The van der Waals surface area contributed by atoms with Crippen LogP contribution in [0, 0.1) is 6.92 Å². The Morgan fingerprint density at radius 3 is 2.67 bits per heavy atom. The first-order valence-electron chi connectivity index (χ1n) is 6.13. The Kier molecular flexibility index (Phi) is 4.93. The predicted molar refractivity (Wildman–Crippen MR) is 90.7 cm³/mol. The molecule has 0 aliphatic rings.